The number of aromatic nitrogens is 1. The van der Waals surface area contributed by atoms with Crippen LogP contribution in [0.4, 0.5) is 10.1 Å². The van der Waals surface area contributed by atoms with Gasteiger partial charge in [0.15, 0.2) is 0 Å². The Morgan fingerprint density at radius 1 is 1.42 bits per heavy atom. The molecule has 0 aliphatic rings. The number of carbonyl (C=O) groups excluding carboxylic acids is 1. The number of carbonyl (C=O) groups is 1. The van der Waals surface area contributed by atoms with Gasteiger partial charge in [-0.15, -0.1) is 0 Å². The van der Waals surface area contributed by atoms with E-state index in [0.717, 1.165) is 0 Å². The molecule has 1 aromatic carbocycles. The molecular formula is C13H10BrFN2O2. The second-order valence-corrected chi connectivity index (χ2v) is 4.48. The highest BCUT2D eigenvalue weighted by Crippen LogP contribution is 2.25. The summed E-state index contributed by atoms with van der Waals surface area (Å²) in [5.41, 5.74) is 0.374. The first-order valence-corrected chi connectivity index (χ1v) is 6.16. The number of nitrogens with zero attached hydrogens (tertiary/aromatic N) is 1. The number of anilines is 1. The van der Waals surface area contributed by atoms with Crippen LogP contribution >= 0.6 is 15.9 Å². The predicted molar refractivity (Wildman–Crippen MR) is 72.8 cm³/mol. The summed E-state index contributed by atoms with van der Waals surface area (Å²) in [5.74, 6) is -1.04. The molecular weight excluding hydrogens is 315 g/mol. The average molecular weight is 325 g/mol. The monoisotopic (exact) mass is 324 g/mol. The Morgan fingerprint density at radius 2 is 2.21 bits per heavy atom. The minimum atomic E-state index is -0.637. The molecule has 0 fully saturated rings. The fourth-order valence-electron chi connectivity index (χ4n) is 1.56. The van der Waals surface area contributed by atoms with Crippen LogP contribution in [0.1, 0.15) is 10.4 Å². The van der Waals surface area contributed by atoms with Crippen LogP contribution in [0.3, 0.4) is 0 Å². The van der Waals surface area contributed by atoms with E-state index >= 15 is 0 Å². The molecule has 19 heavy (non-hydrogen) atoms. The maximum absolute atomic E-state index is 13.7. The van der Waals surface area contributed by atoms with Crippen LogP contribution in [0.2, 0.25) is 0 Å². The molecule has 0 unspecified atom stereocenters. The number of hydrogen-bond acceptors (Lipinski definition) is 3. The second kappa shape index (κ2) is 5.79. The smallest absolute Gasteiger partial charge is 0.262 e. The zero-order valence-corrected chi connectivity index (χ0v) is 11.6. The van der Waals surface area contributed by atoms with Crippen molar-refractivity contribution < 1.29 is 13.9 Å². The molecule has 1 N–H and O–H groups in total. The third-order valence-electron chi connectivity index (χ3n) is 2.44. The average Bonchev–Trinajstić information content (AvgIpc) is 2.40. The number of benzene rings is 1. The van der Waals surface area contributed by atoms with E-state index in [2.05, 4.69) is 26.2 Å². The summed E-state index contributed by atoms with van der Waals surface area (Å²) < 4.78 is 19.3. The van der Waals surface area contributed by atoms with Gasteiger partial charge < -0.3 is 10.1 Å². The van der Waals surface area contributed by atoms with Crippen LogP contribution in [-0.2, 0) is 0 Å². The first-order valence-electron chi connectivity index (χ1n) is 5.37. The topological polar surface area (TPSA) is 51.2 Å². The summed E-state index contributed by atoms with van der Waals surface area (Å²) >= 11 is 3.25. The van der Waals surface area contributed by atoms with Crippen LogP contribution < -0.4 is 10.1 Å². The normalized spacial score (nSPS) is 10.1. The minimum absolute atomic E-state index is 0.131. The number of rotatable bonds is 3. The molecule has 1 amide bonds. The SMILES string of the molecule is COc1cccc(F)c1C(=O)Nc1ccncc1Br. The van der Waals surface area contributed by atoms with E-state index in [4.69, 9.17) is 4.74 Å². The molecule has 0 bridgehead atoms. The Kier molecular flexibility index (Phi) is 4.11. The Balaban J connectivity index is 2.33. The molecule has 0 aliphatic heterocycles. The van der Waals surface area contributed by atoms with Crippen molar-refractivity contribution in [2.75, 3.05) is 12.4 Å². The molecule has 0 aliphatic carbocycles. The van der Waals surface area contributed by atoms with Crippen LogP contribution in [0, 0.1) is 5.82 Å². The van der Waals surface area contributed by atoms with Gasteiger partial charge in [0, 0.05) is 12.4 Å². The van der Waals surface area contributed by atoms with Gasteiger partial charge in [-0.3, -0.25) is 9.78 Å². The third kappa shape index (κ3) is 2.90. The molecule has 2 rings (SSSR count). The fourth-order valence-corrected chi connectivity index (χ4v) is 1.91. The summed E-state index contributed by atoms with van der Waals surface area (Å²) in [6, 6.07) is 5.82. The summed E-state index contributed by atoms with van der Waals surface area (Å²) in [6.07, 6.45) is 3.06. The number of methoxy groups -OCH3 is 1. The van der Waals surface area contributed by atoms with Crippen molar-refractivity contribution in [2.45, 2.75) is 0 Å². The van der Waals surface area contributed by atoms with Gasteiger partial charge in [0.25, 0.3) is 5.91 Å². The molecule has 1 heterocycles. The van der Waals surface area contributed by atoms with Crippen molar-refractivity contribution in [1.29, 1.82) is 0 Å². The highest BCUT2D eigenvalue weighted by molar-refractivity contribution is 9.10. The van der Waals surface area contributed by atoms with Crippen LogP contribution in [0.25, 0.3) is 0 Å². The van der Waals surface area contributed by atoms with Crippen LogP contribution in [-0.4, -0.2) is 18.0 Å². The maximum Gasteiger partial charge on any atom is 0.262 e. The van der Waals surface area contributed by atoms with E-state index in [1.165, 1.54) is 37.7 Å². The lowest BCUT2D eigenvalue weighted by molar-refractivity contribution is 0.102. The highest BCUT2D eigenvalue weighted by Gasteiger charge is 2.18. The molecule has 1 aromatic heterocycles. The van der Waals surface area contributed by atoms with Gasteiger partial charge in [0.2, 0.25) is 0 Å². The van der Waals surface area contributed by atoms with Gasteiger partial charge in [-0.2, -0.15) is 0 Å². The highest BCUT2D eigenvalue weighted by atomic mass is 79.9. The van der Waals surface area contributed by atoms with Crippen LogP contribution in [0.15, 0.2) is 41.1 Å². The van der Waals surface area contributed by atoms with Crippen molar-refractivity contribution >= 4 is 27.5 Å². The molecule has 0 radical (unpaired) electrons. The minimum Gasteiger partial charge on any atom is -0.496 e. The van der Waals surface area contributed by atoms with Crippen molar-refractivity contribution in [3.8, 4) is 5.75 Å². The molecule has 0 spiro atoms. The van der Waals surface area contributed by atoms with Gasteiger partial charge >= 0.3 is 0 Å². The first kappa shape index (κ1) is 13.5. The Morgan fingerprint density at radius 3 is 2.89 bits per heavy atom. The van der Waals surface area contributed by atoms with Gasteiger partial charge in [-0.1, -0.05) is 6.07 Å². The standard InChI is InChI=1S/C13H10BrFN2O2/c1-19-11-4-2-3-9(15)12(11)13(18)17-10-5-6-16-7-8(10)14/h2-7H,1H3,(H,16,17,18). The largest absolute Gasteiger partial charge is 0.496 e. The van der Waals surface area contributed by atoms with Gasteiger partial charge in [0.05, 0.1) is 17.3 Å². The first-order chi connectivity index (χ1) is 9.13. The summed E-state index contributed by atoms with van der Waals surface area (Å²) in [7, 11) is 1.38. The van der Waals surface area contributed by atoms with Gasteiger partial charge in [-0.25, -0.2) is 4.39 Å². The molecule has 6 heteroatoms. The van der Waals surface area contributed by atoms with Crippen molar-refractivity contribution in [1.82, 2.24) is 4.98 Å². The lowest BCUT2D eigenvalue weighted by atomic mass is 10.1. The van der Waals surface area contributed by atoms with Crippen molar-refractivity contribution in [3.05, 3.63) is 52.5 Å². The van der Waals surface area contributed by atoms with Crippen molar-refractivity contribution in [2.24, 2.45) is 0 Å². The van der Waals surface area contributed by atoms with E-state index in [-0.39, 0.29) is 11.3 Å². The molecule has 0 saturated heterocycles. The number of nitrogens with one attached hydrogen (secondary N) is 1. The summed E-state index contributed by atoms with van der Waals surface area (Å²) in [5, 5.41) is 2.60. The van der Waals surface area contributed by atoms with Crippen molar-refractivity contribution in [3.63, 3.8) is 0 Å². The summed E-state index contributed by atoms with van der Waals surface area (Å²) in [4.78, 5) is 16.0. The quantitative estimate of drug-likeness (QED) is 0.942. The second-order valence-electron chi connectivity index (χ2n) is 3.63. The number of halogens is 2. The van der Waals surface area contributed by atoms with E-state index in [0.29, 0.717) is 10.2 Å². The van der Waals surface area contributed by atoms with E-state index < -0.39 is 11.7 Å². The Labute approximate surface area is 117 Å². The van der Waals surface area contributed by atoms with E-state index in [9.17, 15) is 9.18 Å². The molecule has 0 saturated carbocycles. The van der Waals surface area contributed by atoms with Gasteiger partial charge in [-0.05, 0) is 34.1 Å². The number of amides is 1. The molecule has 98 valence electrons. The van der Waals surface area contributed by atoms with Crippen LogP contribution in [0.5, 0.6) is 5.75 Å². The zero-order valence-electron chi connectivity index (χ0n) is 9.98. The molecule has 0 atom stereocenters. The maximum atomic E-state index is 13.7. The predicted octanol–water partition coefficient (Wildman–Crippen LogP) is 3.24. The van der Waals surface area contributed by atoms with Gasteiger partial charge in [0.1, 0.15) is 17.1 Å². The Bertz CT molecular complexity index is 619. The summed E-state index contributed by atoms with van der Waals surface area (Å²) in [6.45, 7) is 0. The zero-order chi connectivity index (χ0) is 13.8. The van der Waals surface area contributed by atoms with E-state index in [1.807, 2.05) is 0 Å². The molecule has 2 aromatic rings. The number of ether oxygens (including phenoxy) is 1. The third-order valence-corrected chi connectivity index (χ3v) is 3.07. The lowest BCUT2D eigenvalue weighted by Gasteiger charge is -2.10. The fraction of sp³-hybridized carbons (Fsp3) is 0.0769. The number of hydrogen-bond donors (Lipinski definition) is 1. The van der Waals surface area contributed by atoms with E-state index in [1.54, 1.807) is 6.07 Å². The lowest BCUT2D eigenvalue weighted by Crippen LogP contribution is -2.15. The Hall–Kier alpha value is -1.95. The molecule has 4 nitrogen and oxygen atoms in total. The number of pyridine rings is 1.